The summed E-state index contributed by atoms with van der Waals surface area (Å²) in [4.78, 5) is 4.13. The van der Waals surface area contributed by atoms with Gasteiger partial charge in [0.15, 0.2) is 0 Å². The fourth-order valence-electron chi connectivity index (χ4n) is 1.23. The molecule has 76 valence electrons. The van der Waals surface area contributed by atoms with Gasteiger partial charge < -0.3 is 4.74 Å². The van der Waals surface area contributed by atoms with E-state index in [1.165, 1.54) is 11.1 Å². The lowest BCUT2D eigenvalue weighted by molar-refractivity contribution is 0.00827. The van der Waals surface area contributed by atoms with Crippen molar-refractivity contribution in [2.45, 2.75) is 19.8 Å². The fourth-order valence-corrected chi connectivity index (χ4v) is 1.23. The Hall–Kier alpha value is -1.15. The molecule has 2 heterocycles. The van der Waals surface area contributed by atoms with Crippen molar-refractivity contribution < 1.29 is 4.74 Å². The van der Waals surface area contributed by atoms with Gasteiger partial charge >= 0.3 is 0 Å². The van der Waals surface area contributed by atoms with Crippen molar-refractivity contribution in [1.82, 2.24) is 4.98 Å². The molecule has 1 aliphatic rings. The Balaban J connectivity index is 0.000000293. The Labute approximate surface area is 85.6 Å². The van der Waals surface area contributed by atoms with Crippen LogP contribution in [0.3, 0.4) is 0 Å². The molecule has 0 spiro atoms. The highest BCUT2D eigenvalue weighted by Crippen LogP contribution is 2.23. The summed E-state index contributed by atoms with van der Waals surface area (Å²) in [5.41, 5.74) is 2.55. The third-order valence-electron chi connectivity index (χ3n) is 2.01. The number of allylic oxidation sites excluding steroid dienone is 1. The van der Waals surface area contributed by atoms with Crippen LogP contribution in [0.15, 0.2) is 31.1 Å². The standard InChI is InChI=1S/C9H11NO.C3H6/c1-7-2-8(4-10-3-7)9-5-11-6-9;1-3-2/h2-4,9H,5-6H2,1H3;3H,1H2,2H3. The molecule has 0 atom stereocenters. The van der Waals surface area contributed by atoms with E-state index in [0.717, 1.165) is 13.2 Å². The average molecular weight is 191 g/mol. The monoisotopic (exact) mass is 191 g/mol. The highest BCUT2D eigenvalue weighted by molar-refractivity contribution is 5.21. The maximum absolute atomic E-state index is 5.10. The van der Waals surface area contributed by atoms with Crippen LogP contribution >= 0.6 is 0 Å². The molecule has 1 fully saturated rings. The van der Waals surface area contributed by atoms with E-state index in [4.69, 9.17) is 4.74 Å². The molecule has 0 amide bonds. The highest BCUT2D eigenvalue weighted by Gasteiger charge is 2.20. The van der Waals surface area contributed by atoms with Crippen molar-refractivity contribution >= 4 is 0 Å². The second-order valence-electron chi connectivity index (χ2n) is 3.44. The van der Waals surface area contributed by atoms with Crippen LogP contribution in [0.4, 0.5) is 0 Å². The lowest BCUT2D eigenvalue weighted by Gasteiger charge is -2.26. The molecule has 0 N–H and O–H groups in total. The summed E-state index contributed by atoms with van der Waals surface area (Å²) in [6.07, 6.45) is 5.56. The van der Waals surface area contributed by atoms with Crippen LogP contribution in [0.2, 0.25) is 0 Å². The third-order valence-corrected chi connectivity index (χ3v) is 2.01. The predicted octanol–water partition coefficient (Wildman–Crippen LogP) is 2.70. The number of hydrogen-bond acceptors (Lipinski definition) is 2. The van der Waals surface area contributed by atoms with Gasteiger partial charge in [0.05, 0.1) is 13.2 Å². The smallest absolute Gasteiger partial charge is 0.0557 e. The summed E-state index contributed by atoms with van der Waals surface area (Å²) in [6.45, 7) is 9.05. The SMILES string of the molecule is C=CC.Cc1cncc(C2COC2)c1. The van der Waals surface area contributed by atoms with Gasteiger partial charge in [-0.2, -0.15) is 0 Å². The Kier molecular flexibility index (Phi) is 4.33. The number of aromatic nitrogens is 1. The van der Waals surface area contributed by atoms with Gasteiger partial charge in [-0.05, 0) is 25.0 Å². The van der Waals surface area contributed by atoms with Crippen LogP contribution in [0, 0.1) is 6.92 Å². The summed E-state index contributed by atoms with van der Waals surface area (Å²) < 4.78 is 5.10. The zero-order valence-electron chi connectivity index (χ0n) is 8.86. The molecule has 2 heteroatoms. The van der Waals surface area contributed by atoms with Crippen molar-refractivity contribution in [3.8, 4) is 0 Å². The van der Waals surface area contributed by atoms with Crippen molar-refractivity contribution in [1.29, 1.82) is 0 Å². The molecule has 1 aliphatic heterocycles. The van der Waals surface area contributed by atoms with Crippen molar-refractivity contribution in [2.75, 3.05) is 13.2 Å². The van der Waals surface area contributed by atoms with Crippen LogP contribution in [0.1, 0.15) is 24.0 Å². The van der Waals surface area contributed by atoms with Gasteiger partial charge in [0.25, 0.3) is 0 Å². The van der Waals surface area contributed by atoms with E-state index in [9.17, 15) is 0 Å². The van der Waals surface area contributed by atoms with E-state index in [0.29, 0.717) is 5.92 Å². The lowest BCUT2D eigenvalue weighted by Crippen LogP contribution is -2.25. The first-order valence-corrected chi connectivity index (χ1v) is 4.84. The third kappa shape index (κ3) is 2.96. The van der Waals surface area contributed by atoms with E-state index >= 15 is 0 Å². The van der Waals surface area contributed by atoms with Gasteiger partial charge in [-0.15, -0.1) is 6.58 Å². The zero-order chi connectivity index (χ0) is 10.4. The maximum atomic E-state index is 5.10. The Bertz CT molecular complexity index is 292. The van der Waals surface area contributed by atoms with Gasteiger partial charge in [-0.3, -0.25) is 4.98 Å². The normalized spacial score (nSPS) is 15.0. The van der Waals surface area contributed by atoms with E-state index in [-0.39, 0.29) is 0 Å². The number of ether oxygens (including phenoxy) is 1. The molecule has 0 saturated carbocycles. The van der Waals surface area contributed by atoms with Gasteiger partial charge in [0, 0.05) is 18.3 Å². The maximum Gasteiger partial charge on any atom is 0.0557 e. The first-order chi connectivity index (χ1) is 6.77. The second-order valence-corrected chi connectivity index (χ2v) is 3.44. The average Bonchev–Trinajstić information content (AvgIpc) is 2.02. The summed E-state index contributed by atoms with van der Waals surface area (Å²) in [6, 6.07) is 2.18. The lowest BCUT2D eigenvalue weighted by atomic mass is 9.99. The van der Waals surface area contributed by atoms with Crippen LogP contribution in [-0.2, 0) is 4.74 Å². The number of nitrogens with zero attached hydrogens (tertiary/aromatic N) is 1. The minimum absolute atomic E-state index is 0.599. The molecule has 1 aromatic heterocycles. The van der Waals surface area contributed by atoms with Gasteiger partial charge in [0.2, 0.25) is 0 Å². The zero-order valence-corrected chi connectivity index (χ0v) is 8.86. The molecule has 14 heavy (non-hydrogen) atoms. The first-order valence-electron chi connectivity index (χ1n) is 4.84. The molecule has 2 nitrogen and oxygen atoms in total. The largest absolute Gasteiger partial charge is 0.380 e. The molecule has 1 aromatic rings. The minimum Gasteiger partial charge on any atom is -0.380 e. The number of hydrogen-bond donors (Lipinski definition) is 0. The molecule has 2 rings (SSSR count). The van der Waals surface area contributed by atoms with Crippen molar-refractivity contribution in [3.05, 3.63) is 42.2 Å². The topological polar surface area (TPSA) is 22.1 Å². The summed E-state index contributed by atoms with van der Waals surface area (Å²) >= 11 is 0. The van der Waals surface area contributed by atoms with Crippen LogP contribution < -0.4 is 0 Å². The Morgan fingerprint density at radius 3 is 2.57 bits per heavy atom. The van der Waals surface area contributed by atoms with Crippen molar-refractivity contribution in [2.24, 2.45) is 0 Å². The summed E-state index contributed by atoms with van der Waals surface area (Å²) in [7, 11) is 0. The molecule has 0 aliphatic carbocycles. The van der Waals surface area contributed by atoms with Crippen LogP contribution in [0.25, 0.3) is 0 Å². The van der Waals surface area contributed by atoms with E-state index in [2.05, 4.69) is 24.6 Å². The molecule has 0 bridgehead atoms. The van der Waals surface area contributed by atoms with Crippen LogP contribution in [0.5, 0.6) is 0 Å². The first kappa shape index (κ1) is 10.9. The molecular weight excluding hydrogens is 174 g/mol. The summed E-state index contributed by atoms with van der Waals surface area (Å²) in [5.74, 6) is 0.599. The minimum atomic E-state index is 0.599. The highest BCUT2D eigenvalue weighted by atomic mass is 16.5. The molecular formula is C12H17NO. The second kappa shape index (κ2) is 5.55. The van der Waals surface area contributed by atoms with E-state index in [1.54, 1.807) is 6.08 Å². The molecule has 0 aromatic carbocycles. The van der Waals surface area contributed by atoms with Crippen LogP contribution in [-0.4, -0.2) is 18.2 Å². The van der Waals surface area contributed by atoms with Gasteiger partial charge in [-0.1, -0.05) is 12.1 Å². The molecule has 0 radical (unpaired) electrons. The van der Waals surface area contributed by atoms with E-state index in [1.807, 2.05) is 19.3 Å². The number of aryl methyl sites for hydroxylation is 1. The summed E-state index contributed by atoms with van der Waals surface area (Å²) in [5, 5.41) is 0. The Morgan fingerprint density at radius 2 is 2.14 bits per heavy atom. The quantitative estimate of drug-likeness (QED) is 0.637. The van der Waals surface area contributed by atoms with Crippen molar-refractivity contribution in [3.63, 3.8) is 0 Å². The van der Waals surface area contributed by atoms with E-state index < -0.39 is 0 Å². The van der Waals surface area contributed by atoms with Gasteiger partial charge in [0.1, 0.15) is 0 Å². The molecule has 0 unspecified atom stereocenters. The Morgan fingerprint density at radius 1 is 1.50 bits per heavy atom. The molecule has 1 saturated heterocycles. The number of pyridine rings is 1. The fraction of sp³-hybridized carbons (Fsp3) is 0.417. The number of rotatable bonds is 1. The van der Waals surface area contributed by atoms with Gasteiger partial charge in [-0.25, -0.2) is 0 Å². The predicted molar refractivity (Wildman–Crippen MR) is 58.4 cm³/mol.